The number of nitrogens with one attached hydrogen (secondary N) is 1. The molecular weight excluding hydrogens is 529 g/mol. The van der Waals surface area contributed by atoms with E-state index in [0.29, 0.717) is 20.4 Å². The molecule has 0 spiro atoms. The number of nitrogens with zero attached hydrogens (tertiary/aromatic N) is 5. The molecule has 0 saturated heterocycles. The van der Waals surface area contributed by atoms with Gasteiger partial charge in [-0.25, -0.2) is 4.98 Å². The zero-order valence-corrected chi connectivity index (χ0v) is 23.7. The second kappa shape index (κ2) is 11.6. The van der Waals surface area contributed by atoms with E-state index < -0.39 is 0 Å². The summed E-state index contributed by atoms with van der Waals surface area (Å²) in [6, 6.07) is 29.7. The molecule has 0 aliphatic heterocycles. The molecule has 6 nitrogen and oxygen atoms in total. The van der Waals surface area contributed by atoms with Crippen LogP contribution >= 0.6 is 36.2 Å². The Kier molecular flexibility index (Phi) is 7.99. The average Bonchev–Trinajstić information content (AvgIpc) is 2.92. The SMILES string of the molecule is CN(C)CCCSc1nc2c(c(=N)n1-c1ccccc1)c(=S)n(-c1ccccc1)c(=S)n2-c1ccccc1. The number of para-hydroxylation sites is 3. The van der Waals surface area contributed by atoms with Crippen molar-refractivity contribution in [3.8, 4) is 17.1 Å². The summed E-state index contributed by atoms with van der Waals surface area (Å²) in [4.78, 5) is 7.35. The van der Waals surface area contributed by atoms with E-state index in [4.69, 9.17) is 29.4 Å². The minimum atomic E-state index is 0.283. The Morgan fingerprint density at radius 3 is 1.79 bits per heavy atom. The third-order valence-corrected chi connectivity index (χ3v) is 7.89. The molecule has 5 rings (SSSR count). The van der Waals surface area contributed by atoms with Crippen LogP contribution in [0.3, 0.4) is 0 Å². The van der Waals surface area contributed by atoms with Crippen LogP contribution in [0.1, 0.15) is 6.42 Å². The van der Waals surface area contributed by atoms with Crippen LogP contribution < -0.4 is 5.49 Å². The topological polar surface area (TPSA) is 54.8 Å². The van der Waals surface area contributed by atoms with Crippen LogP contribution in [0.15, 0.2) is 96.2 Å². The molecule has 0 amide bonds. The standard InChI is InChI=1S/C29H28N6S3/c1-32(2)19-12-20-38-28-31-26-24(25(30)33(28)21-13-6-3-7-14-21)27(36)35(23-17-10-5-11-18-23)29(37)34(26)22-15-8-4-9-16-22/h3-11,13-18,30H,12,19-20H2,1-2H3. The first-order valence-corrected chi connectivity index (χ1v) is 14.1. The van der Waals surface area contributed by atoms with Gasteiger partial charge in [0.15, 0.2) is 15.6 Å². The van der Waals surface area contributed by atoms with Crippen LogP contribution in [-0.4, -0.2) is 50.0 Å². The number of fused-ring (bicyclic) bond motifs is 1. The van der Waals surface area contributed by atoms with E-state index in [2.05, 4.69) is 19.0 Å². The van der Waals surface area contributed by atoms with Gasteiger partial charge in [0.25, 0.3) is 0 Å². The third-order valence-electron chi connectivity index (χ3n) is 6.11. The summed E-state index contributed by atoms with van der Waals surface area (Å²) in [5.74, 6) is 0.868. The second-order valence-electron chi connectivity index (χ2n) is 9.05. The summed E-state index contributed by atoms with van der Waals surface area (Å²) in [5.41, 5.74) is 3.46. The fourth-order valence-corrected chi connectivity index (χ4v) is 6.09. The van der Waals surface area contributed by atoms with E-state index in [-0.39, 0.29) is 5.49 Å². The number of aromatic nitrogens is 4. The molecule has 3 aromatic carbocycles. The van der Waals surface area contributed by atoms with Gasteiger partial charge in [0.2, 0.25) is 0 Å². The van der Waals surface area contributed by atoms with E-state index in [1.165, 1.54) is 0 Å². The maximum atomic E-state index is 9.47. The molecule has 2 heterocycles. The molecule has 5 aromatic rings. The number of hydrogen-bond acceptors (Lipinski definition) is 6. The first-order valence-electron chi connectivity index (χ1n) is 12.3. The summed E-state index contributed by atoms with van der Waals surface area (Å²) in [7, 11) is 4.15. The summed E-state index contributed by atoms with van der Waals surface area (Å²) < 4.78 is 6.66. The van der Waals surface area contributed by atoms with Crippen molar-refractivity contribution in [1.82, 2.24) is 23.6 Å². The average molecular weight is 557 g/mol. The van der Waals surface area contributed by atoms with E-state index in [1.807, 2.05) is 105 Å². The molecular formula is C29H28N6S3. The quantitative estimate of drug-likeness (QED) is 0.101. The van der Waals surface area contributed by atoms with Gasteiger partial charge in [-0.1, -0.05) is 78.6 Å². The van der Waals surface area contributed by atoms with Gasteiger partial charge >= 0.3 is 0 Å². The van der Waals surface area contributed by atoms with Crippen LogP contribution in [0, 0.1) is 14.8 Å². The monoisotopic (exact) mass is 556 g/mol. The van der Waals surface area contributed by atoms with Crippen LogP contribution in [0.4, 0.5) is 0 Å². The lowest BCUT2D eigenvalue weighted by Gasteiger charge is -2.20. The molecule has 9 heteroatoms. The molecule has 0 aliphatic carbocycles. The van der Waals surface area contributed by atoms with Gasteiger partial charge in [-0.05, 0) is 75.7 Å². The summed E-state index contributed by atoms with van der Waals surface area (Å²) in [6.07, 6.45) is 1.000. The van der Waals surface area contributed by atoms with Crippen molar-refractivity contribution in [2.45, 2.75) is 11.6 Å². The number of benzene rings is 3. The molecule has 1 N–H and O–H groups in total. The van der Waals surface area contributed by atoms with Crippen LogP contribution in [0.2, 0.25) is 0 Å². The van der Waals surface area contributed by atoms with Crippen LogP contribution in [0.25, 0.3) is 28.1 Å². The lowest BCUT2D eigenvalue weighted by Crippen LogP contribution is -2.26. The first-order chi connectivity index (χ1) is 18.5. The fourth-order valence-electron chi connectivity index (χ4n) is 4.33. The van der Waals surface area contributed by atoms with Gasteiger partial charge in [-0.2, -0.15) is 0 Å². The van der Waals surface area contributed by atoms with Gasteiger partial charge < -0.3 is 4.90 Å². The molecule has 38 heavy (non-hydrogen) atoms. The predicted octanol–water partition coefficient (Wildman–Crippen LogP) is 6.59. The minimum absolute atomic E-state index is 0.283. The molecule has 0 atom stereocenters. The normalized spacial score (nSPS) is 11.3. The summed E-state index contributed by atoms with van der Waals surface area (Å²) in [6.45, 7) is 0.980. The lowest BCUT2D eigenvalue weighted by molar-refractivity contribution is 0.410. The highest BCUT2D eigenvalue weighted by molar-refractivity contribution is 7.99. The van der Waals surface area contributed by atoms with Crippen molar-refractivity contribution in [2.75, 3.05) is 26.4 Å². The Balaban J connectivity index is 1.87. The number of thioether (sulfide) groups is 1. The molecule has 0 fully saturated rings. The van der Waals surface area contributed by atoms with E-state index >= 15 is 0 Å². The van der Waals surface area contributed by atoms with Crippen LogP contribution in [0.5, 0.6) is 0 Å². The van der Waals surface area contributed by atoms with Gasteiger partial charge in [-0.3, -0.25) is 19.1 Å². The lowest BCUT2D eigenvalue weighted by atomic mass is 10.2. The highest BCUT2D eigenvalue weighted by atomic mass is 32.2. The number of hydrogen-bond donors (Lipinski definition) is 1. The molecule has 192 valence electrons. The first kappa shape index (κ1) is 26.2. The van der Waals surface area contributed by atoms with E-state index in [9.17, 15) is 5.41 Å². The zero-order chi connectivity index (χ0) is 26.6. The highest BCUT2D eigenvalue weighted by Crippen LogP contribution is 2.26. The Morgan fingerprint density at radius 1 is 0.763 bits per heavy atom. The fraction of sp³-hybridized carbons (Fsp3) is 0.172. The van der Waals surface area contributed by atoms with Gasteiger partial charge in [-0.15, -0.1) is 0 Å². The summed E-state index contributed by atoms with van der Waals surface area (Å²) in [5, 5.41) is 10.8. The maximum Gasteiger partial charge on any atom is 0.191 e. The molecule has 2 aromatic heterocycles. The van der Waals surface area contributed by atoms with Crippen molar-refractivity contribution < 1.29 is 0 Å². The molecule has 0 radical (unpaired) electrons. The third kappa shape index (κ3) is 5.15. The van der Waals surface area contributed by atoms with Gasteiger partial charge in [0.05, 0.1) is 5.39 Å². The van der Waals surface area contributed by atoms with Gasteiger partial charge in [0, 0.05) is 22.8 Å². The van der Waals surface area contributed by atoms with Crippen molar-refractivity contribution >= 4 is 47.2 Å². The Labute approximate surface area is 236 Å². The molecule has 0 unspecified atom stereocenters. The minimum Gasteiger partial charge on any atom is -0.309 e. The second-order valence-corrected chi connectivity index (χ2v) is 10.9. The zero-order valence-electron chi connectivity index (χ0n) is 21.2. The van der Waals surface area contributed by atoms with E-state index in [0.717, 1.165) is 40.9 Å². The van der Waals surface area contributed by atoms with Gasteiger partial charge in [0.1, 0.15) is 10.1 Å². The van der Waals surface area contributed by atoms with Crippen molar-refractivity contribution in [3.63, 3.8) is 0 Å². The maximum absolute atomic E-state index is 9.47. The summed E-state index contributed by atoms with van der Waals surface area (Å²) >= 11 is 13.7. The van der Waals surface area contributed by atoms with Crippen molar-refractivity contribution in [3.05, 3.63) is 106 Å². The van der Waals surface area contributed by atoms with Crippen LogP contribution in [-0.2, 0) is 0 Å². The Bertz CT molecular complexity index is 1740. The smallest absolute Gasteiger partial charge is 0.191 e. The number of rotatable bonds is 8. The predicted molar refractivity (Wildman–Crippen MR) is 161 cm³/mol. The Hall–Kier alpha value is -3.37. The molecule has 0 bridgehead atoms. The van der Waals surface area contributed by atoms with Crippen molar-refractivity contribution in [2.24, 2.45) is 0 Å². The van der Waals surface area contributed by atoms with E-state index in [1.54, 1.807) is 11.8 Å². The highest BCUT2D eigenvalue weighted by Gasteiger charge is 2.19. The van der Waals surface area contributed by atoms with Crippen molar-refractivity contribution in [1.29, 1.82) is 5.41 Å². The molecule has 0 aliphatic rings. The molecule has 0 saturated carbocycles. The Morgan fingerprint density at radius 2 is 1.26 bits per heavy atom. The largest absolute Gasteiger partial charge is 0.309 e.